The zero-order valence-electron chi connectivity index (χ0n) is 16.4. The van der Waals surface area contributed by atoms with Gasteiger partial charge in [0.15, 0.2) is 5.96 Å². The van der Waals surface area contributed by atoms with Gasteiger partial charge in [-0.2, -0.15) is 0 Å². The van der Waals surface area contributed by atoms with E-state index in [1.54, 1.807) is 0 Å². The van der Waals surface area contributed by atoms with Crippen LogP contribution >= 0.6 is 0 Å². The summed E-state index contributed by atoms with van der Waals surface area (Å²) < 4.78 is 0. The molecule has 0 radical (unpaired) electrons. The Hall–Kier alpha value is -2.04. The highest BCUT2D eigenvalue weighted by Crippen LogP contribution is 2.29. The normalized spacial score (nSPS) is 19.0. The summed E-state index contributed by atoms with van der Waals surface area (Å²) in [6, 6.07) is 8.22. The number of fused-ring (bicyclic) bond motifs is 1. The number of guanidine groups is 1. The lowest BCUT2D eigenvalue weighted by molar-refractivity contribution is -0.118. The van der Waals surface area contributed by atoms with Gasteiger partial charge in [0.05, 0.1) is 0 Å². The van der Waals surface area contributed by atoms with Crippen LogP contribution in [-0.2, 0) is 11.2 Å². The average Bonchev–Trinajstić information content (AvgIpc) is 3.20. The molecule has 1 aromatic carbocycles. The van der Waals surface area contributed by atoms with Gasteiger partial charge < -0.3 is 15.1 Å². The minimum absolute atomic E-state index is 0.220. The van der Waals surface area contributed by atoms with Crippen LogP contribution in [-0.4, -0.2) is 49.5 Å². The Morgan fingerprint density at radius 2 is 2.08 bits per heavy atom. The van der Waals surface area contributed by atoms with E-state index in [1.807, 2.05) is 17.0 Å². The molecule has 5 nitrogen and oxygen atoms in total. The second-order valence-corrected chi connectivity index (χ2v) is 8.10. The molecule has 2 aliphatic heterocycles. The van der Waals surface area contributed by atoms with Gasteiger partial charge in [0.1, 0.15) is 0 Å². The third-order valence-corrected chi connectivity index (χ3v) is 5.31. The van der Waals surface area contributed by atoms with E-state index < -0.39 is 0 Å². The van der Waals surface area contributed by atoms with Crippen LogP contribution in [0.4, 0.5) is 5.69 Å². The van der Waals surface area contributed by atoms with Crippen molar-refractivity contribution in [1.82, 2.24) is 10.2 Å². The smallest absolute Gasteiger partial charge is 0.227 e. The monoisotopic (exact) mass is 356 g/mol. The average molecular weight is 357 g/mol. The summed E-state index contributed by atoms with van der Waals surface area (Å²) in [6.07, 6.45) is 3.52. The topological polar surface area (TPSA) is 47.9 Å². The third-order valence-electron chi connectivity index (χ3n) is 5.31. The lowest BCUT2D eigenvalue weighted by Gasteiger charge is -2.23. The Kier molecular flexibility index (Phi) is 5.84. The largest absolute Gasteiger partial charge is 0.357 e. The van der Waals surface area contributed by atoms with E-state index in [9.17, 15) is 4.79 Å². The van der Waals surface area contributed by atoms with Crippen LogP contribution in [0, 0.1) is 5.41 Å². The molecule has 3 rings (SSSR count). The number of para-hydroxylation sites is 1. The summed E-state index contributed by atoms with van der Waals surface area (Å²) in [5.41, 5.74) is 2.73. The standard InChI is InChI=1S/C21H32N4O/c1-4-22-20(24-15-12-21(2,3)16-24)23-13-7-10-19(26)25-14-11-17-8-5-6-9-18(17)25/h5-6,8-9H,4,7,10-16H2,1-3H3,(H,22,23). The Bertz CT molecular complexity index is 668. The number of carbonyl (C=O) groups excluding carboxylic acids is 1. The molecule has 0 aromatic heterocycles. The molecule has 1 aromatic rings. The predicted octanol–water partition coefficient (Wildman–Crippen LogP) is 3.05. The Labute approximate surface area is 157 Å². The van der Waals surface area contributed by atoms with E-state index >= 15 is 0 Å². The maximum atomic E-state index is 12.6. The molecule has 2 aliphatic rings. The van der Waals surface area contributed by atoms with E-state index in [0.29, 0.717) is 18.4 Å². The molecule has 0 aliphatic carbocycles. The fourth-order valence-electron chi connectivity index (χ4n) is 3.87. The first-order chi connectivity index (χ1) is 12.5. The van der Waals surface area contributed by atoms with E-state index in [1.165, 1.54) is 12.0 Å². The second kappa shape index (κ2) is 8.11. The van der Waals surface area contributed by atoms with Gasteiger partial charge in [-0.1, -0.05) is 32.0 Å². The fraction of sp³-hybridized carbons (Fsp3) is 0.619. The molecule has 0 unspecified atom stereocenters. The number of anilines is 1. The van der Waals surface area contributed by atoms with Gasteiger partial charge in [-0.25, -0.2) is 0 Å². The number of carbonyl (C=O) groups is 1. The maximum absolute atomic E-state index is 12.6. The van der Waals surface area contributed by atoms with Crippen LogP contribution < -0.4 is 10.2 Å². The molecule has 26 heavy (non-hydrogen) atoms. The predicted molar refractivity (Wildman–Crippen MR) is 108 cm³/mol. The number of hydrogen-bond acceptors (Lipinski definition) is 2. The first-order valence-corrected chi connectivity index (χ1v) is 9.92. The minimum atomic E-state index is 0.220. The van der Waals surface area contributed by atoms with Crippen molar-refractivity contribution in [1.29, 1.82) is 0 Å². The zero-order valence-corrected chi connectivity index (χ0v) is 16.4. The molecule has 0 saturated carbocycles. The Morgan fingerprint density at radius 1 is 1.27 bits per heavy atom. The van der Waals surface area contributed by atoms with Gasteiger partial charge in [0, 0.05) is 44.8 Å². The molecule has 1 N–H and O–H groups in total. The molecule has 0 bridgehead atoms. The van der Waals surface area contributed by atoms with Gasteiger partial charge in [0.25, 0.3) is 0 Å². The summed E-state index contributed by atoms with van der Waals surface area (Å²) in [5, 5.41) is 3.40. The number of hydrogen-bond donors (Lipinski definition) is 1. The summed E-state index contributed by atoms with van der Waals surface area (Å²) in [6.45, 7) is 11.2. The molecular formula is C21H32N4O. The van der Waals surface area contributed by atoms with E-state index in [2.05, 4.69) is 43.1 Å². The van der Waals surface area contributed by atoms with Gasteiger partial charge in [-0.3, -0.25) is 9.79 Å². The van der Waals surface area contributed by atoms with Crippen LogP contribution in [0.1, 0.15) is 45.6 Å². The van der Waals surface area contributed by atoms with Crippen molar-refractivity contribution in [3.8, 4) is 0 Å². The molecule has 2 heterocycles. The number of rotatable bonds is 5. The van der Waals surface area contributed by atoms with Crippen LogP contribution in [0.2, 0.25) is 0 Å². The molecular weight excluding hydrogens is 324 g/mol. The lowest BCUT2D eigenvalue weighted by atomic mass is 9.93. The molecule has 1 fully saturated rings. The van der Waals surface area contributed by atoms with Crippen molar-refractivity contribution in [3.05, 3.63) is 29.8 Å². The molecule has 142 valence electrons. The van der Waals surface area contributed by atoms with Gasteiger partial charge >= 0.3 is 0 Å². The first kappa shape index (κ1) is 18.7. The molecule has 1 amide bonds. The highest BCUT2D eigenvalue weighted by Gasteiger charge is 2.30. The number of amides is 1. The van der Waals surface area contributed by atoms with Crippen molar-refractivity contribution >= 4 is 17.6 Å². The van der Waals surface area contributed by atoms with E-state index in [0.717, 1.165) is 50.7 Å². The highest BCUT2D eigenvalue weighted by molar-refractivity contribution is 5.95. The van der Waals surface area contributed by atoms with Crippen molar-refractivity contribution in [2.45, 2.75) is 46.5 Å². The Balaban J connectivity index is 1.50. The van der Waals surface area contributed by atoms with Crippen LogP contribution in [0.25, 0.3) is 0 Å². The number of aliphatic imine (C=N–C) groups is 1. The fourth-order valence-corrected chi connectivity index (χ4v) is 3.87. The summed E-state index contributed by atoms with van der Waals surface area (Å²) >= 11 is 0. The van der Waals surface area contributed by atoms with Crippen LogP contribution in [0.15, 0.2) is 29.3 Å². The maximum Gasteiger partial charge on any atom is 0.227 e. The quantitative estimate of drug-likeness (QED) is 0.501. The Morgan fingerprint density at radius 3 is 2.81 bits per heavy atom. The summed E-state index contributed by atoms with van der Waals surface area (Å²) in [5.74, 6) is 1.22. The van der Waals surface area contributed by atoms with E-state index in [4.69, 9.17) is 4.99 Å². The number of nitrogens with one attached hydrogen (secondary N) is 1. The second-order valence-electron chi connectivity index (χ2n) is 8.10. The van der Waals surface area contributed by atoms with Gasteiger partial charge in [-0.15, -0.1) is 0 Å². The van der Waals surface area contributed by atoms with Crippen LogP contribution in [0.3, 0.4) is 0 Å². The first-order valence-electron chi connectivity index (χ1n) is 9.92. The van der Waals surface area contributed by atoms with Crippen molar-refractivity contribution in [2.75, 3.05) is 37.6 Å². The van der Waals surface area contributed by atoms with Gasteiger partial charge in [0.2, 0.25) is 5.91 Å². The minimum Gasteiger partial charge on any atom is -0.357 e. The SMILES string of the molecule is CCNC(=NCCCC(=O)N1CCc2ccccc21)N1CCC(C)(C)C1. The van der Waals surface area contributed by atoms with Crippen molar-refractivity contribution in [2.24, 2.45) is 10.4 Å². The molecule has 0 atom stereocenters. The van der Waals surface area contributed by atoms with Gasteiger partial charge in [-0.05, 0) is 43.2 Å². The molecule has 1 saturated heterocycles. The van der Waals surface area contributed by atoms with Crippen LogP contribution in [0.5, 0.6) is 0 Å². The van der Waals surface area contributed by atoms with Crippen molar-refractivity contribution in [3.63, 3.8) is 0 Å². The molecule has 0 spiro atoms. The number of nitrogens with zero attached hydrogens (tertiary/aromatic N) is 3. The summed E-state index contributed by atoms with van der Waals surface area (Å²) in [7, 11) is 0. The lowest BCUT2D eigenvalue weighted by Crippen LogP contribution is -2.40. The third kappa shape index (κ3) is 4.37. The number of benzene rings is 1. The zero-order chi connectivity index (χ0) is 18.6. The van der Waals surface area contributed by atoms with E-state index in [-0.39, 0.29) is 5.91 Å². The summed E-state index contributed by atoms with van der Waals surface area (Å²) in [4.78, 5) is 21.6. The molecule has 5 heteroatoms. The highest BCUT2D eigenvalue weighted by atomic mass is 16.2. The van der Waals surface area contributed by atoms with Crippen molar-refractivity contribution < 1.29 is 4.79 Å². The number of likely N-dealkylation sites (tertiary alicyclic amines) is 1.